The zero-order valence-corrected chi connectivity index (χ0v) is 18.7. The molecule has 4 rings (SSSR count). The van der Waals surface area contributed by atoms with Gasteiger partial charge >= 0.3 is 5.97 Å². The van der Waals surface area contributed by atoms with Gasteiger partial charge in [-0.05, 0) is 66.7 Å². The Morgan fingerprint density at radius 2 is 1.70 bits per heavy atom. The van der Waals surface area contributed by atoms with Gasteiger partial charge in [0.25, 0.3) is 11.1 Å². The average Bonchev–Trinajstić information content (AvgIpc) is 3.08. The first-order chi connectivity index (χ1) is 16.0. The molecule has 0 atom stereocenters. The molecule has 0 aromatic heterocycles. The van der Waals surface area contributed by atoms with Crippen molar-refractivity contribution in [2.75, 3.05) is 13.2 Å². The van der Waals surface area contributed by atoms with E-state index in [0.29, 0.717) is 27.5 Å². The molecule has 1 aliphatic heterocycles. The maximum absolute atomic E-state index is 12.7. The molecule has 3 aromatic carbocycles. The Bertz CT molecular complexity index is 1200. The van der Waals surface area contributed by atoms with Crippen LogP contribution in [0.4, 0.5) is 4.79 Å². The standard InChI is InChI=1S/C26H21NO5S/c1-18-10-12-21(13-11-18)31-15-14-27-24(28)23(33-26(27)30)17-19-6-5-9-22(16-19)32-25(29)20-7-3-2-4-8-20/h2-13,16-17H,14-15H2,1H3/b23-17-. The number of amides is 2. The summed E-state index contributed by atoms with van der Waals surface area (Å²) in [6.45, 7) is 2.35. The lowest BCUT2D eigenvalue weighted by molar-refractivity contribution is -0.123. The molecule has 0 N–H and O–H groups in total. The number of aryl methyl sites for hydroxylation is 1. The fourth-order valence-electron chi connectivity index (χ4n) is 3.14. The second-order valence-corrected chi connectivity index (χ2v) is 8.32. The summed E-state index contributed by atoms with van der Waals surface area (Å²) in [5, 5.41) is -0.342. The highest BCUT2D eigenvalue weighted by molar-refractivity contribution is 8.18. The summed E-state index contributed by atoms with van der Waals surface area (Å²) >= 11 is 0.877. The Hall–Kier alpha value is -3.84. The molecule has 166 valence electrons. The molecule has 0 spiro atoms. The minimum absolute atomic E-state index is 0.157. The van der Waals surface area contributed by atoms with Gasteiger partial charge in [-0.25, -0.2) is 4.79 Å². The van der Waals surface area contributed by atoms with E-state index in [0.717, 1.165) is 17.3 Å². The molecule has 0 saturated carbocycles. The van der Waals surface area contributed by atoms with E-state index in [2.05, 4.69) is 0 Å². The molecule has 33 heavy (non-hydrogen) atoms. The largest absolute Gasteiger partial charge is 0.492 e. The number of ether oxygens (including phenoxy) is 2. The van der Waals surface area contributed by atoms with E-state index in [-0.39, 0.29) is 24.3 Å². The van der Waals surface area contributed by atoms with E-state index in [1.807, 2.05) is 37.3 Å². The summed E-state index contributed by atoms with van der Waals surface area (Å²) in [7, 11) is 0. The Morgan fingerprint density at radius 3 is 2.45 bits per heavy atom. The number of imide groups is 1. The van der Waals surface area contributed by atoms with Crippen LogP contribution in [0.3, 0.4) is 0 Å². The molecule has 0 radical (unpaired) electrons. The number of nitrogens with zero attached hydrogens (tertiary/aromatic N) is 1. The van der Waals surface area contributed by atoms with E-state index in [9.17, 15) is 14.4 Å². The van der Waals surface area contributed by atoms with Crippen LogP contribution in [0, 0.1) is 6.92 Å². The fourth-order valence-corrected chi connectivity index (χ4v) is 4.01. The molecule has 1 heterocycles. The van der Waals surface area contributed by atoms with Crippen LogP contribution < -0.4 is 9.47 Å². The number of hydrogen-bond acceptors (Lipinski definition) is 6. The van der Waals surface area contributed by atoms with Gasteiger partial charge in [0.2, 0.25) is 0 Å². The maximum Gasteiger partial charge on any atom is 0.343 e. The van der Waals surface area contributed by atoms with Crippen molar-refractivity contribution in [3.63, 3.8) is 0 Å². The van der Waals surface area contributed by atoms with Crippen LogP contribution >= 0.6 is 11.8 Å². The van der Waals surface area contributed by atoms with Gasteiger partial charge in [0.15, 0.2) is 0 Å². The highest BCUT2D eigenvalue weighted by Crippen LogP contribution is 2.32. The smallest absolute Gasteiger partial charge is 0.343 e. The molecular weight excluding hydrogens is 438 g/mol. The SMILES string of the molecule is Cc1ccc(OCCN2C(=O)S/C(=C\c3cccc(OC(=O)c4ccccc4)c3)C2=O)cc1. The van der Waals surface area contributed by atoms with Crippen LogP contribution in [0.15, 0.2) is 83.8 Å². The van der Waals surface area contributed by atoms with Crippen LogP contribution in [0.1, 0.15) is 21.5 Å². The van der Waals surface area contributed by atoms with Crippen LogP contribution in [-0.4, -0.2) is 35.2 Å². The Morgan fingerprint density at radius 1 is 0.939 bits per heavy atom. The summed E-state index contributed by atoms with van der Waals surface area (Å²) in [5.41, 5.74) is 2.21. The molecule has 3 aromatic rings. The minimum atomic E-state index is -0.471. The van der Waals surface area contributed by atoms with Gasteiger partial charge in [-0.3, -0.25) is 14.5 Å². The molecule has 1 aliphatic rings. The van der Waals surface area contributed by atoms with Gasteiger partial charge in [-0.1, -0.05) is 48.0 Å². The zero-order chi connectivity index (χ0) is 23.2. The third-order valence-corrected chi connectivity index (χ3v) is 5.76. The zero-order valence-electron chi connectivity index (χ0n) is 17.9. The number of thioether (sulfide) groups is 1. The van der Waals surface area contributed by atoms with Crippen molar-refractivity contribution in [1.29, 1.82) is 0 Å². The second-order valence-electron chi connectivity index (χ2n) is 7.32. The summed E-state index contributed by atoms with van der Waals surface area (Å²) in [5.74, 6) is 0.194. The first-order valence-corrected chi connectivity index (χ1v) is 11.1. The normalized spacial score (nSPS) is 14.6. The summed E-state index contributed by atoms with van der Waals surface area (Å²) < 4.78 is 11.1. The molecular formula is C26H21NO5S. The van der Waals surface area contributed by atoms with Gasteiger partial charge in [-0.15, -0.1) is 0 Å². The van der Waals surface area contributed by atoms with E-state index in [1.165, 1.54) is 4.90 Å². The van der Waals surface area contributed by atoms with Crippen LogP contribution in [0.2, 0.25) is 0 Å². The lowest BCUT2D eigenvalue weighted by Crippen LogP contribution is -2.32. The monoisotopic (exact) mass is 459 g/mol. The van der Waals surface area contributed by atoms with Gasteiger partial charge in [-0.2, -0.15) is 0 Å². The topological polar surface area (TPSA) is 72.9 Å². The summed E-state index contributed by atoms with van der Waals surface area (Å²) in [6.07, 6.45) is 1.62. The maximum atomic E-state index is 12.7. The molecule has 0 bridgehead atoms. The van der Waals surface area contributed by atoms with Crippen molar-refractivity contribution >= 4 is 35.0 Å². The van der Waals surface area contributed by atoms with E-state index in [4.69, 9.17) is 9.47 Å². The number of esters is 1. The predicted molar refractivity (Wildman–Crippen MR) is 127 cm³/mol. The highest BCUT2D eigenvalue weighted by atomic mass is 32.2. The van der Waals surface area contributed by atoms with Gasteiger partial charge < -0.3 is 9.47 Å². The molecule has 0 aliphatic carbocycles. The lowest BCUT2D eigenvalue weighted by atomic mass is 10.2. The van der Waals surface area contributed by atoms with E-state index >= 15 is 0 Å². The number of carbonyl (C=O) groups is 3. The molecule has 2 amide bonds. The second kappa shape index (κ2) is 10.2. The van der Waals surface area contributed by atoms with Crippen molar-refractivity contribution in [2.24, 2.45) is 0 Å². The highest BCUT2D eigenvalue weighted by Gasteiger charge is 2.34. The van der Waals surface area contributed by atoms with E-state index in [1.54, 1.807) is 54.6 Å². The number of hydrogen-bond donors (Lipinski definition) is 0. The van der Waals surface area contributed by atoms with Gasteiger partial charge in [0, 0.05) is 0 Å². The van der Waals surface area contributed by atoms with Crippen molar-refractivity contribution in [1.82, 2.24) is 4.90 Å². The molecule has 1 saturated heterocycles. The average molecular weight is 460 g/mol. The first kappa shape index (κ1) is 22.4. The van der Waals surface area contributed by atoms with Crippen molar-refractivity contribution in [2.45, 2.75) is 6.92 Å². The third kappa shape index (κ3) is 5.70. The predicted octanol–water partition coefficient (Wildman–Crippen LogP) is 5.33. The lowest BCUT2D eigenvalue weighted by Gasteiger charge is -2.13. The van der Waals surface area contributed by atoms with Gasteiger partial charge in [0.05, 0.1) is 17.0 Å². The minimum Gasteiger partial charge on any atom is -0.492 e. The van der Waals surface area contributed by atoms with E-state index < -0.39 is 5.97 Å². The first-order valence-electron chi connectivity index (χ1n) is 10.3. The molecule has 1 fully saturated rings. The fraction of sp³-hybridized carbons (Fsp3) is 0.115. The summed E-state index contributed by atoms with van der Waals surface area (Å²) in [6, 6.07) is 23.0. The Balaban J connectivity index is 1.39. The van der Waals surface area contributed by atoms with Crippen molar-refractivity contribution in [3.8, 4) is 11.5 Å². The number of rotatable bonds is 7. The summed E-state index contributed by atoms with van der Waals surface area (Å²) in [4.78, 5) is 38.8. The van der Waals surface area contributed by atoms with Crippen molar-refractivity contribution in [3.05, 3.63) is 100 Å². The van der Waals surface area contributed by atoms with Crippen molar-refractivity contribution < 1.29 is 23.9 Å². The van der Waals surface area contributed by atoms with Crippen LogP contribution in [-0.2, 0) is 4.79 Å². The quantitative estimate of drug-likeness (QED) is 0.270. The van der Waals surface area contributed by atoms with Crippen LogP contribution in [0.25, 0.3) is 6.08 Å². The Kier molecular flexibility index (Phi) is 6.90. The number of benzene rings is 3. The molecule has 7 heteroatoms. The van der Waals surface area contributed by atoms with Gasteiger partial charge in [0.1, 0.15) is 18.1 Å². The third-order valence-electron chi connectivity index (χ3n) is 4.85. The number of carbonyl (C=O) groups excluding carboxylic acids is 3. The molecule has 0 unspecified atom stereocenters. The van der Waals surface area contributed by atoms with Crippen LogP contribution in [0.5, 0.6) is 11.5 Å². The molecule has 6 nitrogen and oxygen atoms in total. The Labute approximate surface area is 195 Å².